The predicted molar refractivity (Wildman–Crippen MR) is 67.2 cm³/mol. The van der Waals surface area contributed by atoms with Gasteiger partial charge in [0.2, 0.25) is 0 Å². The molecule has 2 aromatic rings. The summed E-state index contributed by atoms with van der Waals surface area (Å²) in [7, 11) is 1.27. The maximum Gasteiger partial charge on any atom is 0.255 e. The van der Waals surface area contributed by atoms with E-state index in [0.717, 1.165) is 12.1 Å². The first-order valence-electron chi connectivity index (χ1n) is 5.72. The van der Waals surface area contributed by atoms with Crippen molar-refractivity contribution >= 4 is 11.6 Å². The van der Waals surface area contributed by atoms with E-state index < -0.39 is 34.7 Å². The molecule has 1 amide bonds. The minimum atomic E-state index is -1.66. The number of rotatable bonds is 3. The van der Waals surface area contributed by atoms with Gasteiger partial charge in [-0.15, -0.1) is 0 Å². The Morgan fingerprint density at radius 3 is 2.24 bits per heavy atom. The van der Waals surface area contributed by atoms with E-state index in [0.29, 0.717) is 12.1 Å². The Kier molecular flexibility index (Phi) is 4.11. The van der Waals surface area contributed by atoms with Crippen molar-refractivity contribution in [3.05, 3.63) is 59.2 Å². The number of methoxy groups -OCH3 is 1. The number of anilines is 1. The third-order valence-electron chi connectivity index (χ3n) is 2.66. The number of benzene rings is 2. The van der Waals surface area contributed by atoms with Gasteiger partial charge in [0.1, 0.15) is 11.6 Å². The van der Waals surface area contributed by atoms with E-state index in [9.17, 15) is 22.4 Å². The molecule has 0 fully saturated rings. The van der Waals surface area contributed by atoms with Crippen LogP contribution in [0.2, 0.25) is 0 Å². The summed E-state index contributed by atoms with van der Waals surface area (Å²) >= 11 is 0. The molecule has 0 aromatic heterocycles. The number of hydrogen-bond acceptors (Lipinski definition) is 2. The molecule has 0 unspecified atom stereocenters. The second kappa shape index (κ2) is 5.82. The summed E-state index contributed by atoms with van der Waals surface area (Å²) in [6, 6.07) is 4.45. The summed E-state index contributed by atoms with van der Waals surface area (Å²) in [5.74, 6) is -6.06. The molecule has 0 spiro atoms. The average molecular weight is 299 g/mol. The Bertz CT molecular complexity index is 680. The molecular formula is C14H9F4NO2. The fourth-order valence-electron chi connectivity index (χ4n) is 1.65. The molecule has 2 rings (SSSR count). The molecule has 0 bridgehead atoms. The molecule has 2 aromatic carbocycles. The van der Waals surface area contributed by atoms with Crippen molar-refractivity contribution in [3.63, 3.8) is 0 Å². The minimum Gasteiger partial charge on any atom is -0.494 e. The van der Waals surface area contributed by atoms with Gasteiger partial charge in [0.25, 0.3) is 5.91 Å². The van der Waals surface area contributed by atoms with Crippen LogP contribution in [-0.2, 0) is 0 Å². The van der Waals surface area contributed by atoms with Crippen LogP contribution in [0.5, 0.6) is 5.75 Å². The van der Waals surface area contributed by atoms with Crippen LogP contribution in [0.3, 0.4) is 0 Å². The van der Waals surface area contributed by atoms with Gasteiger partial charge in [0, 0.05) is 11.6 Å². The molecule has 0 saturated heterocycles. The summed E-state index contributed by atoms with van der Waals surface area (Å²) in [5.41, 5.74) is -0.313. The first kappa shape index (κ1) is 14.8. The summed E-state index contributed by atoms with van der Waals surface area (Å²) in [4.78, 5) is 11.9. The van der Waals surface area contributed by atoms with Gasteiger partial charge >= 0.3 is 0 Å². The number of ether oxygens (including phenoxy) is 1. The molecule has 21 heavy (non-hydrogen) atoms. The third kappa shape index (κ3) is 3.13. The minimum absolute atomic E-state index is 0.0337. The molecule has 0 aliphatic rings. The zero-order chi connectivity index (χ0) is 15.6. The summed E-state index contributed by atoms with van der Waals surface area (Å²) in [6.07, 6.45) is 0. The van der Waals surface area contributed by atoms with Crippen LogP contribution in [0.1, 0.15) is 10.4 Å². The van der Waals surface area contributed by atoms with Crippen LogP contribution in [0, 0.1) is 23.3 Å². The molecule has 0 aliphatic heterocycles. The van der Waals surface area contributed by atoms with Crippen molar-refractivity contribution in [3.8, 4) is 5.75 Å². The number of hydrogen-bond donors (Lipinski definition) is 1. The van der Waals surface area contributed by atoms with E-state index in [4.69, 9.17) is 4.74 Å². The van der Waals surface area contributed by atoms with E-state index in [2.05, 4.69) is 5.32 Å². The number of nitrogens with one attached hydrogen (secondary N) is 1. The van der Waals surface area contributed by atoms with Crippen LogP contribution >= 0.6 is 0 Å². The quantitative estimate of drug-likeness (QED) is 0.696. The average Bonchev–Trinajstić information content (AvgIpc) is 2.45. The van der Waals surface area contributed by atoms with Gasteiger partial charge in [-0.1, -0.05) is 0 Å². The molecule has 0 radical (unpaired) electrons. The molecule has 7 heteroatoms. The van der Waals surface area contributed by atoms with E-state index in [1.807, 2.05) is 0 Å². The molecule has 0 atom stereocenters. The smallest absolute Gasteiger partial charge is 0.255 e. The molecule has 0 heterocycles. The van der Waals surface area contributed by atoms with Gasteiger partial charge in [0.15, 0.2) is 17.5 Å². The molecular weight excluding hydrogens is 290 g/mol. The lowest BCUT2D eigenvalue weighted by atomic mass is 10.2. The monoisotopic (exact) mass is 299 g/mol. The van der Waals surface area contributed by atoms with E-state index in [-0.39, 0.29) is 11.4 Å². The Balaban J connectivity index is 2.30. The van der Waals surface area contributed by atoms with Crippen molar-refractivity contribution < 1.29 is 27.1 Å². The van der Waals surface area contributed by atoms with E-state index in [1.54, 1.807) is 0 Å². The second-order valence-corrected chi connectivity index (χ2v) is 4.05. The molecule has 110 valence electrons. The van der Waals surface area contributed by atoms with Gasteiger partial charge in [-0.3, -0.25) is 4.79 Å². The Morgan fingerprint density at radius 2 is 1.67 bits per heavy atom. The molecule has 3 nitrogen and oxygen atoms in total. The SMILES string of the molecule is COc1cc(F)ccc1NC(=O)c1cc(F)c(F)c(F)c1. The first-order chi connectivity index (χ1) is 9.92. The Hall–Kier alpha value is -2.57. The molecule has 1 N–H and O–H groups in total. The topological polar surface area (TPSA) is 38.3 Å². The Labute approximate surface area is 117 Å². The van der Waals surface area contributed by atoms with Crippen molar-refractivity contribution in [2.24, 2.45) is 0 Å². The van der Waals surface area contributed by atoms with Crippen LogP contribution in [0.15, 0.2) is 30.3 Å². The highest BCUT2D eigenvalue weighted by Crippen LogP contribution is 2.25. The molecule has 0 saturated carbocycles. The van der Waals surface area contributed by atoms with Crippen molar-refractivity contribution in [1.29, 1.82) is 0 Å². The number of halogens is 4. The highest BCUT2D eigenvalue weighted by Gasteiger charge is 2.16. The zero-order valence-electron chi connectivity index (χ0n) is 10.7. The van der Waals surface area contributed by atoms with Gasteiger partial charge in [-0.05, 0) is 24.3 Å². The van der Waals surface area contributed by atoms with Crippen molar-refractivity contribution in [2.45, 2.75) is 0 Å². The van der Waals surface area contributed by atoms with Crippen LogP contribution in [0.25, 0.3) is 0 Å². The lowest BCUT2D eigenvalue weighted by Crippen LogP contribution is -2.14. The molecule has 0 aliphatic carbocycles. The Morgan fingerprint density at radius 1 is 1.05 bits per heavy atom. The number of amides is 1. The fourth-order valence-corrected chi connectivity index (χ4v) is 1.65. The first-order valence-corrected chi connectivity index (χ1v) is 5.72. The normalized spacial score (nSPS) is 10.3. The van der Waals surface area contributed by atoms with E-state index >= 15 is 0 Å². The van der Waals surface area contributed by atoms with Gasteiger partial charge in [0.05, 0.1) is 12.8 Å². The zero-order valence-corrected chi connectivity index (χ0v) is 10.7. The predicted octanol–water partition coefficient (Wildman–Crippen LogP) is 3.50. The highest BCUT2D eigenvalue weighted by atomic mass is 19.2. The lowest BCUT2D eigenvalue weighted by Gasteiger charge is -2.10. The van der Waals surface area contributed by atoms with Crippen molar-refractivity contribution in [2.75, 3.05) is 12.4 Å². The number of carbonyl (C=O) groups excluding carboxylic acids is 1. The highest BCUT2D eigenvalue weighted by molar-refractivity contribution is 6.05. The van der Waals surface area contributed by atoms with Crippen LogP contribution in [0.4, 0.5) is 23.2 Å². The largest absolute Gasteiger partial charge is 0.494 e. The van der Waals surface area contributed by atoms with Gasteiger partial charge < -0.3 is 10.1 Å². The second-order valence-electron chi connectivity index (χ2n) is 4.05. The lowest BCUT2D eigenvalue weighted by molar-refractivity contribution is 0.102. The third-order valence-corrected chi connectivity index (χ3v) is 2.66. The van der Waals surface area contributed by atoms with Crippen molar-refractivity contribution in [1.82, 2.24) is 0 Å². The van der Waals surface area contributed by atoms with E-state index in [1.165, 1.54) is 13.2 Å². The maximum atomic E-state index is 13.1. The maximum absolute atomic E-state index is 13.1. The summed E-state index contributed by atoms with van der Waals surface area (Å²) < 4.78 is 56.8. The van der Waals surface area contributed by atoms with Gasteiger partial charge in [-0.25, -0.2) is 17.6 Å². The summed E-state index contributed by atoms with van der Waals surface area (Å²) in [6.45, 7) is 0. The van der Waals surface area contributed by atoms with Crippen LogP contribution in [-0.4, -0.2) is 13.0 Å². The standard InChI is InChI=1S/C14H9F4NO2/c1-21-12-6-8(15)2-3-11(12)19-14(20)7-4-9(16)13(18)10(17)5-7/h2-6H,1H3,(H,19,20). The van der Waals surface area contributed by atoms with Crippen LogP contribution < -0.4 is 10.1 Å². The summed E-state index contributed by atoms with van der Waals surface area (Å²) in [5, 5.41) is 2.29. The fraction of sp³-hybridized carbons (Fsp3) is 0.0714. The number of carbonyl (C=O) groups is 1. The van der Waals surface area contributed by atoms with Gasteiger partial charge in [-0.2, -0.15) is 0 Å².